The van der Waals surface area contributed by atoms with E-state index in [1.54, 1.807) is 0 Å². The Balaban J connectivity index is 1.82. The molecular weight excluding hydrogens is 148 g/mol. The molecule has 2 aliphatic rings. The van der Waals surface area contributed by atoms with Crippen LogP contribution in [0.2, 0.25) is 0 Å². The van der Waals surface area contributed by atoms with Crippen LogP contribution in [0.5, 0.6) is 0 Å². The summed E-state index contributed by atoms with van der Waals surface area (Å²) in [6, 6.07) is 0. The lowest BCUT2D eigenvalue weighted by Crippen LogP contribution is -2.41. The number of aliphatic hydroxyl groups excluding tert-OH is 1. The lowest BCUT2D eigenvalue weighted by molar-refractivity contribution is -0.0283. The quantitative estimate of drug-likeness (QED) is 0.686. The monoisotopic (exact) mass is 168 g/mol. The maximum Gasteiger partial charge on any atom is 0.0487 e. The van der Waals surface area contributed by atoms with Crippen molar-refractivity contribution in [2.75, 3.05) is 6.61 Å². The Bertz CT molecular complexity index is 154. The molecule has 0 aromatic rings. The molecule has 2 saturated carbocycles. The van der Waals surface area contributed by atoms with Crippen LogP contribution in [0.3, 0.4) is 0 Å². The smallest absolute Gasteiger partial charge is 0.0487 e. The third kappa shape index (κ3) is 1.39. The van der Waals surface area contributed by atoms with Crippen molar-refractivity contribution >= 4 is 0 Å². The third-order valence-corrected chi connectivity index (χ3v) is 3.84. The molecule has 0 heterocycles. The van der Waals surface area contributed by atoms with Crippen LogP contribution in [0.1, 0.15) is 45.4 Å². The van der Waals surface area contributed by atoms with Crippen molar-refractivity contribution in [2.24, 2.45) is 17.3 Å². The van der Waals surface area contributed by atoms with Crippen molar-refractivity contribution < 1.29 is 5.11 Å². The van der Waals surface area contributed by atoms with Gasteiger partial charge in [-0.15, -0.1) is 0 Å². The van der Waals surface area contributed by atoms with Crippen molar-refractivity contribution in [3.05, 3.63) is 0 Å². The lowest BCUT2D eigenvalue weighted by Gasteiger charge is -2.48. The van der Waals surface area contributed by atoms with Gasteiger partial charge in [-0.3, -0.25) is 0 Å². The zero-order valence-corrected chi connectivity index (χ0v) is 8.05. The molecule has 0 unspecified atom stereocenters. The molecule has 2 fully saturated rings. The van der Waals surface area contributed by atoms with E-state index in [4.69, 9.17) is 0 Å². The first-order chi connectivity index (χ1) is 5.74. The summed E-state index contributed by atoms with van der Waals surface area (Å²) in [5.41, 5.74) is 0.366. The van der Waals surface area contributed by atoms with E-state index in [1.165, 1.54) is 38.5 Å². The Morgan fingerprint density at radius 1 is 1.33 bits per heavy atom. The van der Waals surface area contributed by atoms with Gasteiger partial charge in [0.25, 0.3) is 0 Å². The number of hydrogen-bond donors (Lipinski definition) is 1. The fourth-order valence-electron chi connectivity index (χ4n) is 3.09. The van der Waals surface area contributed by atoms with E-state index in [0.29, 0.717) is 12.0 Å². The number of aliphatic hydroxyl groups is 1. The van der Waals surface area contributed by atoms with Crippen LogP contribution in [-0.4, -0.2) is 11.7 Å². The molecule has 0 spiro atoms. The van der Waals surface area contributed by atoms with E-state index in [2.05, 4.69) is 6.92 Å². The van der Waals surface area contributed by atoms with E-state index in [0.717, 1.165) is 11.8 Å². The SMILES string of the molecule is CC1CC(CO)(CC2CCC2)C1. The fourth-order valence-corrected chi connectivity index (χ4v) is 3.09. The highest BCUT2D eigenvalue weighted by atomic mass is 16.3. The average Bonchev–Trinajstić information content (AvgIpc) is 1.92. The Kier molecular flexibility index (Phi) is 2.16. The molecule has 0 aromatic carbocycles. The lowest BCUT2D eigenvalue weighted by atomic mass is 9.57. The molecule has 1 N–H and O–H groups in total. The standard InChI is InChI=1S/C11H20O/c1-9-5-11(6-9,8-12)7-10-3-2-4-10/h9-10,12H,2-8H2,1H3. The molecule has 0 radical (unpaired) electrons. The van der Waals surface area contributed by atoms with Gasteiger partial charge in [0.1, 0.15) is 0 Å². The second-order valence-electron chi connectivity index (χ2n) is 5.17. The molecule has 70 valence electrons. The first-order valence-electron chi connectivity index (χ1n) is 5.35. The second-order valence-corrected chi connectivity index (χ2v) is 5.17. The van der Waals surface area contributed by atoms with Crippen molar-refractivity contribution in [3.63, 3.8) is 0 Å². The third-order valence-electron chi connectivity index (χ3n) is 3.84. The topological polar surface area (TPSA) is 20.2 Å². The van der Waals surface area contributed by atoms with Gasteiger partial charge in [0, 0.05) is 6.61 Å². The van der Waals surface area contributed by atoms with Gasteiger partial charge in [-0.25, -0.2) is 0 Å². The zero-order chi connectivity index (χ0) is 8.60. The second kappa shape index (κ2) is 3.02. The molecule has 12 heavy (non-hydrogen) atoms. The fraction of sp³-hybridized carbons (Fsp3) is 1.00. The summed E-state index contributed by atoms with van der Waals surface area (Å²) >= 11 is 0. The van der Waals surface area contributed by atoms with Gasteiger partial charge in [0.15, 0.2) is 0 Å². The first-order valence-corrected chi connectivity index (χ1v) is 5.35. The van der Waals surface area contributed by atoms with Crippen LogP contribution in [-0.2, 0) is 0 Å². The van der Waals surface area contributed by atoms with Gasteiger partial charge in [-0.05, 0) is 36.5 Å². The minimum Gasteiger partial charge on any atom is -0.396 e. The van der Waals surface area contributed by atoms with Crippen LogP contribution in [0.15, 0.2) is 0 Å². The normalized spacial score (nSPS) is 42.0. The molecule has 1 nitrogen and oxygen atoms in total. The highest BCUT2D eigenvalue weighted by Crippen LogP contribution is 2.51. The highest BCUT2D eigenvalue weighted by Gasteiger charge is 2.43. The average molecular weight is 168 g/mol. The summed E-state index contributed by atoms with van der Waals surface area (Å²) in [5.74, 6) is 1.84. The molecule has 0 atom stereocenters. The molecule has 2 aliphatic carbocycles. The van der Waals surface area contributed by atoms with Gasteiger partial charge in [-0.2, -0.15) is 0 Å². The van der Waals surface area contributed by atoms with E-state index in [9.17, 15) is 5.11 Å². The number of hydrogen-bond acceptors (Lipinski definition) is 1. The number of rotatable bonds is 3. The summed E-state index contributed by atoms with van der Waals surface area (Å²) in [6.45, 7) is 2.74. The maximum atomic E-state index is 9.32. The molecule has 0 aromatic heterocycles. The van der Waals surface area contributed by atoms with Gasteiger partial charge in [0.05, 0.1) is 0 Å². The van der Waals surface area contributed by atoms with E-state index >= 15 is 0 Å². The summed E-state index contributed by atoms with van der Waals surface area (Å²) in [7, 11) is 0. The molecular formula is C11H20O. The molecule has 0 bridgehead atoms. The zero-order valence-electron chi connectivity index (χ0n) is 8.05. The van der Waals surface area contributed by atoms with Crippen LogP contribution < -0.4 is 0 Å². The largest absolute Gasteiger partial charge is 0.396 e. The van der Waals surface area contributed by atoms with Crippen molar-refractivity contribution in [2.45, 2.75) is 45.4 Å². The Morgan fingerprint density at radius 2 is 2.00 bits per heavy atom. The highest BCUT2D eigenvalue weighted by molar-refractivity contribution is 4.94. The summed E-state index contributed by atoms with van der Waals surface area (Å²) < 4.78 is 0. The van der Waals surface area contributed by atoms with E-state index < -0.39 is 0 Å². The molecule has 0 aliphatic heterocycles. The minimum atomic E-state index is 0.366. The summed E-state index contributed by atoms with van der Waals surface area (Å²) in [6.07, 6.45) is 8.15. The predicted octanol–water partition coefficient (Wildman–Crippen LogP) is 2.59. The van der Waals surface area contributed by atoms with Crippen LogP contribution in [0.25, 0.3) is 0 Å². The van der Waals surface area contributed by atoms with Gasteiger partial charge >= 0.3 is 0 Å². The first kappa shape index (κ1) is 8.55. The Hall–Kier alpha value is -0.0400. The summed E-state index contributed by atoms with van der Waals surface area (Å²) in [5, 5.41) is 9.32. The van der Waals surface area contributed by atoms with Gasteiger partial charge in [0.2, 0.25) is 0 Å². The maximum absolute atomic E-state index is 9.32. The predicted molar refractivity (Wildman–Crippen MR) is 49.9 cm³/mol. The van der Waals surface area contributed by atoms with Crippen molar-refractivity contribution in [3.8, 4) is 0 Å². The van der Waals surface area contributed by atoms with E-state index in [-0.39, 0.29) is 0 Å². The minimum absolute atomic E-state index is 0.366. The molecule has 2 rings (SSSR count). The van der Waals surface area contributed by atoms with Gasteiger partial charge < -0.3 is 5.11 Å². The van der Waals surface area contributed by atoms with Crippen LogP contribution in [0, 0.1) is 17.3 Å². The van der Waals surface area contributed by atoms with Gasteiger partial charge in [-0.1, -0.05) is 26.2 Å². The van der Waals surface area contributed by atoms with E-state index in [1.807, 2.05) is 0 Å². The van der Waals surface area contributed by atoms with Crippen molar-refractivity contribution in [1.82, 2.24) is 0 Å². The van der Waals surface area contributed by atoms with Crippen LogP contribution in [0.4, 0.5) is 0 Å². The van der Waals surface area contributed by atoms with Crippen molar-refractivity contribution in [1.29, 1.82) is 0 Å². The molecule has 1 heteroatoms. The molecule has 0 amide bonds. The van der Waals surface area contributed by atoms with Crippen LogP contribution >= 0.6 is 0 Å². The summed E-state index contributed by atoms with van der Waals surface area (Å²) in [4.78, 5) is 0. The molecule has 0 saturated heterocycles. The Morgan fingerprint density at radius 3 is 2.33 bits per heavy atom. The Labute approximate surface area is 75.2 Å².